The van der Waals surface area contributed by atoms with Crippen molar-refractivity contribution >= 4 is 16.2 Å². The van der Waals surface area contributed by atoms with Crippen LogP contribution in [0.5, 0.6) is 0 Å². The fraction of sp³-hybridized carbons (Fsp3) is 1.00. The van der Waals surface area contributed by atoms with Crippen LogP contribution >= 0.6 is 0 Å². The molecule has 0 amide bonds. The summed E-state index contributed by atoms with van der Waals surface area (Å²) in [6.07, 6.45) is 1.41. The summed E-state index contributed by atoms with van der Waals surface area (Å²) in [4.78, 5) is 1.56. The minimum absolute atomic E-state index is 0.545. The average molecular weight is 143 g/mol. The Morgan fingerprint density at radius 2 is 1.83 bits per heavy atom. The predicted octanol–water partition coefficient (Wildman–Crippen LogP) is 2.15. The standard InChI is InChI=1S/C3H7.2CH3.Ga/c1-3-2;;;/h1,3H2,2H3;2*1H3;. The first-order valence-electron chi connectivity index (χ1n) is 2.77. The topological polar surface area (TPSA) is 0 Å². The molecule has 6 heavy (non-hydrogen) atoms. The third kappa shape index (κ3) is 4.64. The summed E-state index contributed by atoms with van der Waals surface area (Å²) in [5.74, 6) is 0. The van der Waals surface area contributed by atoms with E-state index in [1.165, 1.54) is 6.42 Å². The summed E-state index contributed by atoms with van der Waals surface area (Å²) in [6.45, 7) is 2.27. The molecule has 0 rings (SSSR count). The number of hydrogen-bond acceptors (Lipinski definition) is 0. The van der Waals surface area contributed by atoms with Gasteiger partial charge in [-0.25, -0.2) is 0 Å². The summed E-state index contributed by atoms with van der Waals surface area (Å²) in [5.41, 5.74) is 4.88. The maximum absolute atomic E-state index is 2.44. The molecule has 0 aliphatic heterocycles. The molecule has 0 radical (unpaired) electrons. The molecule has 0 atom stereocenters. The molecule has 0 fully saturated rings. The Labute approximate surface area is 46.0 Å². The van der Waals surface area contributed by atoms with Crippen LogP contribution in [-0.2, 0) is 0 Å². The van der Waals surface area contributed by atoms with Crippen molar-refractivity contribution in [3.8, 4) is 0 Å². The maximum atomic E-state index is 2.44. The first-order chi connectivity index (χ1) is 2.77. The molecule has 36 valence electrons. The SMILES string of the molecule is CC[CH2][Ga]([CH3])[CH3]. The van der Waals surface area contributed by atoms with E-state index in [0.717, 1.165) is 0 Å². The fourth-order valence-electron chi connectivity index (χ4n) is 0.577. The molecule has 0 bridgehead atoms. The van der Waals surface area contributed by atoms with Gasteiger partial charge in [0, 0.05) is 0 Å². The molecule has 0 spiro atoms. The zero-order valence-electron chi connectivity index (χ0n) is 4.99. The number of rotatable bonds is 2. The van der Waals surface area contributed by atoms with E-state index in [-0.39, 0.29) is 0 Å². The molecule has 0 N–H and O–H groups in total. The van der Waals surface area contributed by atoms with Gasteiger partial charge in [0.2, 0.25) is 0 Å². The van der Waals surface area contributed by atoms with Gasteiger partial charge in [0.25, 0.3) is 0 Å². The van der Waals surface area contributed by atoms with Crippen molar-refractivity contribution in [3.05, 3.63) is 0 Å². The van der Waals surface area contributed by atoms with E-state index >= 15 is 0 Å². The molecule has 0 aromatic heterocycles. The Morgan fingerprint density at radius 1 is 1.33 bits per heavy atom. The van der Waals surface area contributed by atoms with E-state index < -0.39 is 16.2 Å². The second kappa shape index (κ2) is 3.81. The predicted molar refractivity (Wildman–Crippen MR) is 32.6 cm³/mol. The Bertz CT molecular complexity index is 25.1. The van der Waals surface area contributed by atoms with Gasteiger partial charge in [-0.15, -0.1) is 0 Å². The van der Waals surface area contributed by atoms with Crippen molar-refractivity contribution < 1.29 is 0 Å². The van der Waals surface area contributed by atoms with Crippen LogP contribution in [0.15, 0.2) is 0 Å². The van der Waals surface area contributed by atoms with Crippen LogP contribution in [0.1, 0.15) is 13.3 Å². The molecule has 0 aromatic carbocycles. The molecular weight excluding hydrogens is 130 g/mol. The summed E-state index contributed by atoms with van der Waals surface area (Å²) in [7, 11) is 0. The summed E-state index contributed by atoms with van der Waals surface area (Å²) in [5, 5.41) is 0. The van der Waals surface area contributed by atoms with Gasteiger partial charge in [-0.1, -0.05) is 0 Å². The normalized spacial score (nSPS) is 8.50. The first-order valence-corrected chi connectivity index (χ1v) is 9.33. The van der Waals surface area contributed by atoms with Crippen molar-refractivity contribution in [1.29, 1.82) is 0 Å². The molecule has 0 aliphatic rings. The summed E-state index contributed by atoms with van der Waals surface area (Å²) in [6, 6.07) is 0. The van der Waals surface area contributed by atoms with Crippen LogP contribution in [0.25, 0.3) is 0 Å². The third-order valence-corrected chi connectivity index (χ3v) is 4.50. The van der Waals surface area contributed by atoms with Gasteiger partial charge in [0.05, 0.1) is 0 Å². The van der Waals surface area contributed by atoms with Gasteiger partial charge >= 0.3 is 45.5 Å². The van der Waals surface area contributed by atoms with Crippen LogP contribution in [-0.4, -0.2) is 16.2 Å². The van der Waals surface area contributed by atoms with Gasteiger partial charge < -0.3 is 0 Å². The molecule has 0 unspecified atom stereocenters. The van der Waals surface area contributed by atoms with E-state index in [1.54, 1.807) is 4.98 Å². The quantitative estimate of drug-likeness (QED) is 0.519. The van der Waals surface area contributed by atoms with E-state index in [4.69, 9.17) is 0 Å². The summed E-state index contributed by atoms with van der Waals surface area (Å²) < 4.78 is 0. The molecular formula is C5H13Ga. The Morgan fingerprint density at radius 3 is 1.83 bits per heavy atom. The van der Waals surface area contributed by atoms with Gasteiger partial charge in [-0.2, -0.15) is 0 Å². The third-order valence-electron chi connectivity index (χ3n) is 0.866. The molecule has 0 saturated carbocycles. The van der Waals surface area contributed by atoms with E-state index in [0.29, 0.717) is 0 Å². The monoisotopic (exact) mass is 142 g/mol. The first kappa shape index (κ1) is 6.64. The molecule has 0 heterocycles. The molecule has 0 aliphatic carbocycles. The minimum atomic E-state index is -0.545. The van der Waals surface area contributed by atoms with Crippen molar-refractivity contribution in [1.82, 2.24) is 0 Å². The van der Waals surface area contributed by atoms with Gasteiger partial charge in [-0.05, 0) is 0 Å². The molecule has 1 heteroatoms. The Hall–Kier alpha value is 0.636. The van der Waals surface area contributed by atoms with Crippen LogP contribution in [0.2, 0.25) is 15.9 Å². The Balaban J connectivity index is 2.63. The van der Waals surface area contributed by atoms with Gasteiger partial charge in [0.15, 0.2) is 0 Å². The van der Waals surface area contributed by atoms with Crippen molar-refractivity contribution in [3.63, 3.8) is 0 Å². The van der Waals surface area contributed by atoms with Crippen molar-refractivity contribution in [2.75, 3.05) is 0 Å². The Kier molecular flexibility index (Phi) is 4.22. The van der Waals surface area contributed by atoms with E-state index in [1.807, 2.05) is 0 Å². The second-order valence-electron chi connectivity index (χ2n) is 2.18. The van der Waals surface area contributed by atoms with Crippen LogP contribution in [0, 0.1) is 0 Å². The summed E-state index contributed by atoms with van der Waals surface area (Å²) >= 11 is -0.545. The van der Waals surface area contributed by atoms with Crippen LogP contribution < -0.4 is 0 Å². The van der Waals surface area contributed by atoms with Crippen LogP contribution in [0.4, 0.5) is 0 Å². The zero-order chi connectivity index (χ0) is 4.99. The van der Waals surface area contributed by atoms with Crippen molar-refractivity contribution in [2.45, 2.75) is 29.3 Å². The van der Waals surface area contributed by atoms with E-state index in [2.05, 4.69) is 17.9 Å². The number of hydrogen-bond donors (Lipinski definition) is 0. The fourth-order valence-corrected chi connectivity index (χ4v) is 3.00. The zero-order valence-corrected chi connectivity index (χ0v) is 7.41. The van der Waals surface area contributed by atoms with E-state index in [9.17, 15) is 0 Å². The molecule has 0 nitrogen and oxygen atoms in total. The molecule has 0 aromatic rings. The van der Waals surface area contributed by atoms with Crippen LogP contribution in [0.3, 0.4) is 0 Å². The average Bonchev–Trinajstić information content (AvgIpc) is 1.35. The van der Waals surface area contributed by atoms with Crippen molar-refractivity contribution in [2.24, 2.45) is 0 Å². The van der Waals surface area contributed by atoms with Gasteiger partial charge in [0.1, 0.15) is 0 Å². The van der Waals surface area contributed by atoms with Gasteiger partial charge in [-0.3, -0.25) is 0 Å². The molecule has 0 saturated heterocycles. The second-order valence-corrected chi connectivity index (χ2v) is 9.24.